The van der Waals surface area contributed by atoms with Crippen molar-refractivity contribution in [1.82, 2.24) is 14.8 Å². The summed E-state index contributed by atoms with van der Waals surface area (Å²) in [7, 11) is 0. The Hall–Kier alpha value is -2.42. The fourth-order valence-corrected chi connectivity index (χ4v) is 2.06. The first kappa shape index (κ1) is 15.0. The van der Waals surface area contributed by atoms with Crippen molar-refractivity contribution >= 4 is 5.69 Å². The Kier molecular flexibility index (Phi) is 3.94. The Morgan fingerprint density at radius 1 is 1.38 bits per heavy atom. The summed E-state index contributed by atoms with van der Waals surface area (Å²) in [6, 6.07) is 1.21. The van der Waals surface area contributed by atoms with E-state index in [2.05, 4.69) is 10.2 Å². The molecule has 0 aliphatic rings. The summed E-state index contributed by atoms with van der Waals surface area (Å²) in [5, 5.41) is 18.4. The van der Waals surface area contributed by atoms with Gasteiger partial charge in [-0.1, -0.05) is 0 Å². The van der Waals surface area contributed by atoms with Gasteiger partial charge in [0.15, 0.2) is 5.82 Å². The van der Waals surface area contributed by atoms with Gasteiger partial charge in [0.05, 0.1) is 23.1 Å². The number of halogens is 2. The second-order valence-electron chi connectivity index (χ2n) is 4.65. The Morgan fingerprint density at radius 3 is 2.57 bits per heavy atom. The third-order valence-electron chi connectivity index (χ3n) is 2.92. The van der Waals surface area contributed by atoms with E-state index in [1.54, 1.807) is 13.8 Å². The van der Waals surface area contributed by atoms with Gasteiger partial charge in [-0.05, 0) is 19.9 Å². The van der Waals surface area contributed by atoms with Crippen LogP contribution < -0.4 is 5.73 Å². The van der Waals surface area contributed by atoms with Crippen molar-refractivity contribution in [3.8, 4) is 11.4 Å². The van der Waals surface area contributed by atoms with E-state index >= 15 is 0 Å². The first-order chi connectivity index (χ1) is 9.86. The maximum atomic E-state index is 14.2. The molecule has 0 atom stereocenters. The molecule has 112 valence electrons. The van der Waals surface area contributed by atoms with Crippen LogP contribution in [-0.2, 0) is 6.54 Å². The molecule has 0 unspecified atom stereocenters. The zero-order chi connectivity index (χ0) is 15.7. The zero-order valence-electron chi connectivity index (χ0n) is 11.4. The molecule has 21 heavy (non-hydrogen) atoms. The molecule has 1 aromatic carbocycles. The molecule has 2 aromatic rings. The number of nitrogens with two attached hydrogens (primary N) is 1. The van der Waals surface area contributed by atoms with Gasteiger partial charge in [-0.2, -0.15) is 4.39 Å². The molecule has 0 bridgehead atoms. The summed E-state index contributed by atoms with van der Waals surface area (Å²) >= 11 is 0. The number of nitro groups is 1. The third-order valence-corrected chi connectivity index (χ3v) is 2.92. The lowest BCUT2D eigenvalue weighted by molar-refractivity contribution is -0.387. The number of rotatable bonds is 4. The SMILES string of the molecule is CC(C)n1c(CN)nnc1-c1cc(F)cc([N+](=O)[O-])c1F. The van der Waals surface area contributed by atoms with Crippen molar-refractivity contribution < 1.29 is 13.7 Å². The van der Waals surface area contributed by atoms with E-state index in [0.717, 1.165) is 6.07 Å². The number of nitrogens with zero attached hydrogens (tertiary/aromatic N) is 4. The molecule has 1 heterocycles. The van der Waals surface area contributed by atoms with Crippen LogP contribution >= 0.6 is 0 Å². The van der Waals surface area contributed by atoms with Crippen LogP contribution in [0.1, 0.15) is 25.7 Å². The monoisotopic (exact) mass is 297 g/mol. The molecule has 7 nitrogen and oxygen atoms in total. The first-order valence-corrected chi connectivity index (χ1v) is 6.14. The van der Waals surface area contributed by atoms with E-state index in [0.29, 0.717) is 11.9 Å². The number of nitro benzene ring substituents is 1. The largest absolute Gasteiger partial charge is 0.324 e. The van der Waals surface area contributed by atoms with E-state index in [9.17, 15) is 18.9 Å². The van der Waals surface area contributed by atoms with Gasteiger partial charge in [0.1, 0.15) is 11.6 Å². The Balaban J connectivity index is 2.73. The van der Waals surface area contributed by atoms with Gasteiger partial charge >= 0.3 is 5.69 Å². The molecule has 2 rings (SSSR count). The van der Waals surface area contributed by atoms with E-state index < -0.39 is 22.2 Å². The quantitative estimate of drug-likeness (QED) is 0.688. The fraction of sp³-hybridized carbons (Fsp3) is 0.333. The number of benzene rings is 1. The maximum Gasteiger partial charge on any atom is 0.308 e. The Morgan fingerprint density at radius 2 is 2.05 bits per heavy atom. The zero-order valence-corrected chi connectivity index (χ0v) is 11.4. The standard InChI is InChI=1S/C12H13F2N5O2/c1-6(2)18-10(5-15)16-17-12(18)8-3-7(13)4-9(11(8)14)19(20)21/h3-4,6H,5,15H2,1-2H3. The summed E-state index contributed by atoms with van der Waals surface area (Å²) in [5.41, 5.74) is 4.26. The molecule has 0 spiro atoms. The number of aromatic nitrogens is 3. The lowest BCUT2D eigenvalue weighted by atomic mass is 10.1. The summed E-state index contributed by atoms with van der Waals surface area (Å²) in [6.07, 6.45) is 0. The average Bonchev–Trinajstić information content (AvgIpc) is 2.84. The number of hydrogen-bond donors (Lipinski definition) is 1. The van der Waals surface area contributed by atoms with Crippen LogP contribution in [0, 0.1) is 21.7 Å². The van der Waals surface area contributed by atoms with E-state index in [-0.39, 0.29) is 24.0 Å². The molecule has 0 radical (unpaired) electrons. The Bertz CT molecular complexity index is 699. The minimum absolute atomic E-state index is 0.00514. The minimum Gasteiger partial charge on any atom is -0.324 e. The molecular weight excluding hydrogens is 284 g/mol. The van der Waals surface area contributed by atoms with Crippen molar-refractivity contribution in [3.63, 3.8) is 0 Å². The molecule has 0 saturated heterocycles. The van der Waals surface area contributed by atoms with Crippen LogP contribution in [0.5, 0.6) is 0 Å². The molecule has 2 N–H and O–H groups in total. The van der Waals surface area contributed by atoms with Crippen molar-refractivity contribution in [1.29, 1.82) is 0 Å². The lowest BCUT2D eigenvalue weighted by Crippen LogP contribution is -2.12. The predicted molar refractivity (Wildman–Crippen MR) is 70.3 cm³/mol. The molecule has 9 heteroatoms. The molecular formula is C12H13F2N5O2. The second-order valence-corrected chi connectivity index (χ2v) is 4.65. The third kappa shape index (κ3) is 2.59. The van der Waals surface area contributed by atoms with Crippen LogP contribution in [0.25, 0.3) is 11.4 Å². The highest BCUT2D eigenvalue weighted by atomic mass is 19.1. The van der Waals surface area contributed by atoms with E-state index in [4.69, 9.17) is 5.73 Å². The lowest BCUT2D eigenvalue weighted by Gasteiger charge is -2.13. The van der Waals surface area contributed by atoms with Crippen molar-refractivity contribution in [3.05, 3.63) is 39.7 Å². The summed E-state index contributed by atoms with van der Waals surface area (Å²) in [4.78, 5) is 9.79. The Labute approximate surface area is 118 Å². The van der Waals surface area contributed by atoms with Gasteiger partial charge in [0.25, 0.3) is 0 Å². The fourth-order valence-electron chi connectivity index (χ4n) is 2.06. The van der Waals surface area contributed by atoms with Gasteiger partial charge < -0.3 is 10.3 Å². The summed E-state index contributed by atoms with van der Waals surface area (Å²) in [6.45, 7) is 3.64. The van der Waals surface area contributed by atoms with Crippen molar-refractivity contribution in [2.24, 2.45) is 5.73 Å². The minimum atomic E-state index is -1.15. The predicted octanol–water partition coefficient (Wildman–Crippen LogP) is 2.17. The average molecular weight is 297 g/mol. The molecule has 0 saturated carbocycles. The van der Waals surface area contributed by atoms with Crippen LogP contribution in [0.15, 0.2) is 12.1 Å². The highest BCUT2D eigenvalue weighted by Crippen LogP contribution is 2.31. The van der Waals surface area contributed by atoms with Gasteiger partial charge in [-0.3, -0.25) is 10.1 Å². The molecule has 0 aliphatic heterocycles. The highest BCUT2D eigenvalue weighted by Gasteiger charge is 2.25. The topological polar surface area (TPSA) is 99.9 Å². The van der Waals surface area contributed by atoms with Crippen LogP contribution in [0.4, 0.5) is 14.5 Å². The van der Waals surface area contributed by atoms with E-state index in [1.165, 1.54) is 4.57 Å². The van der Waals surface area contributed by atoms with Gasteiger partial charge in [-0.25, -0.2) is 4.39 Å². The summed E-state index contributed by atoms with van der Waals surface area (Å²) < 4.78 is 29.3. The number of hydrogen-bond acceptors (Lipinski definition) is 5. The van der Waals surface area contributed by atoms with Crippen molar-refractivity contribution in [2.45, 2.75) is 26.4 Å². The van der Waals surface area contributed by atoms with Gasteiger partial charge in [-0.15, -0.1) is 10.2 Å². The van der Waals surface area contributed by atoms with Gasteiger partial charge in [0, 0.05) is 6.04 Å². The molecule has 1 aromatic heterocycles. The normalized spacial score (nSPS) is 11.1. The molecule has 0 aliphatic carbocycles. The smallest absolute Gasteiger partial charge is 0.308 e. The van der Waals surface area contributed by atoms with Crippen LogP contribution in [0.2, 0.25) is 0 Å². The van der Waals surface area contributed by atoms with Crippen molar-refractivity contribution in [2.75, 3.05) is 0 Å². The van der Waals surface area contributed by atoms with E-state index in [1.807, 2.05) is 0 Å². The molecule has 0 fully saturated rings. The molecule has 0 amide bonds. The van der Waals surface area contributed by atoms with Gasteiger partial charge in [0.2, 0.25) is 5.82 Å². The van der Waals surface area contributed by atoms with Crippen LogP contribution in [0.3, 0.4) is 0 Å². The first-order valence-electron chi connectivity index (χ1n) is 6.14. The second kappa shape index (κ2) is 5.52. The summed E-state index contributed by atoms with van der Waals surface area (Å²) in [5.74, 6) is -1.69. The maximum absolute atomic E-state index is 14.2. The van der Waals surface area contributed by atoms with Crippen LogP contribution in [-0.4, -0.2) is 19.7 Å². The highest BCUT2D eigenvalue weighted by molar-refractivity contribution is 5.61.